The lowest BCUT2D eigenvalue weighted by atomic mass is 10.0. The maximum absolute atomic E-state index is 13.4. The summed E-state index contributed by atoms with van der Waals surface area (Å²) in [6, 6.07) is 14.6. The van der Waals surface area contributed by atoms with Gasteiger partial charge in [-0.3, -0.25) is 4.79 Å². The third kappa shape index (κ3) is 3.87. The quantitative estimate of drug-likeness (QED) is 0.671. The molecule has 1 saturated carbocycles. The van der Waals surface area contributed by atoms with E-state index in [0.717, 1.165) is 43.2 Å². The van der Waals surface area contributed by atoms with Crippen LogP contribution in [0.3, 0.4) is 0 Å². The lowest BCUT2D eigenvalue weighted by Gasteiger charge is -2.33. The number of carbonyl (C=O) groups excluding carboxylic acids is 2. The summed E-state index contributed by atoms with van der Waals surface area (Å²) in [7, 11) is 0. The molecule has 1 aliphatic carbocycles. The van der Waals surface area contributed by atoms with E-state index >= 15 is 0 Å². The van der Waals surface area contributed by atoms with Gasteiger partial charge in [0.2, 0.25) is 5.89 Å². The fraction of sp³-hybridized carbons (Fsp3) is 0.348. The molecule has 0 radical (unpaired) electrons. The van der Waals surface area contributed by atoms with E-state index in [2.05, 4.69) is 15.6 Å². The second-order valence-electron chi connectivity index (χ2n) is 7.98. The summed E-state index contributed by atoms with van der Waals surface area (Å²) >= 11 is 0. The van der Waals surface area contributed by atoms with Gasteiger partial charge in [0.15, 0.2) is 5.58 Å². The van der Waals surface area contributed by atoms with E-state index < -0.39 is 0 Å². The molecule has 0 unspecified atom stereocenters. The van der Waals surface area contributed by atoms with Gasteiger partial charge in [-0.05, 0) is 62.4 Å². The standard InChI is InChI=1S/C23H24N4O3/c28-22(15-6-5-7-17(14-15)25-23(29)24-16-11-12-16)27-13-4-3-9-19(27)21-26-18-8-1-2-10-20(18)30-21/h1-2,5-8,10,14,16,19H,3-4,9,11-13H2,(H2,24,25,29)/t19-/m0/s1. The molecule has 2 N–H and O–H groups in total. The summed E-state index contributed by atoms with van der Waals surface area (Å²) in [5.74, 6) is 0.510. The van der Waals surface area contributed by atoms with Crippen LogP contribution >= 0.6 is 0 Å². The van der Waals surface area contributed by atoms with Crippen molar-refractivity contribution in [2.45, 2.75) is 44.2 Å². The maximum Gasteiger partial charge on any atom is 0.319 e. The van der Waals surface area contributed by atoms with Crippen LogP contribution in [0.25, 0.3) is 11.1 Å². The normalized spacial score (nSPS) is 18.9. The molecule has 1 saturated heterocycles. The van der Waals surface area contributed by atoms with E-state index in [0.29, 0.717) is 23.7 Å². The Morgan fingerprint density at radius 2 is 1.90 bits per heavy atom. The first-order valence-corrected chi connectivity index (χ1v) is 10.5. The smallest absolute Gasteiger partial charge is 0.319 e. The minimum Gasteiger partial charge on any atom is -0.438 e. The van der Waals surface area contributed by atoms with Gasteiger partial charge in [-0.2, -0.15) is 0 Å². The molecule has 7 nitrogen and oxygen atoms in total. The number of fused-ring (bicyclic) bond motifs is 1. The van der Waals surface area contributed by atoms with Gasteiger partial charge in [0, 0.05) is 23.8 Å². The largest absolute Gasteiger partial charge is 0.438 e. The van der Waals surface area contributed by atoms with Crippen LogP contribution in [0.2, 0.25) is 0 Å². The van der Waals surface area contributed by atoms with E-state index in [1.807, 2.05) is 29.2 Å². The summed E-state index contributed by atoms with van der Waals surface area (Å²) in [6.07, 6.45) is 4.84. The number of nitrogens with one attached hydrogen (secondary N) is 2. The van der Waals surface area contributed by atoms with Gasteiger partial charge in [0.25, 0.3) is 5.91 Å². The fourth-order valence-electron chi connectivity index (χ4n) is 3.94. The Bertz CT molecular complexity index is 1060. The Hall–Kier alpha value is -3.35. The van der Waals surface area contributed by atoms with Crippen LogP contribution < -0.4 is 10.6 Å². The monoisotopic (exact) mass is 404 g/mol. The van der Waals surface area contributed by atoms with Gasteiger partial charge in [0.1, 0.15) is 11.6 Å². The molecule has 1 aliphatic heterocycles. The number of oxazole rings is 1. The van der Waals surface area contributed by atoms with E-state index in [1.165, 1.54) is 0 Å². The highest BCUT2D eigenvalue weighted by Gasteiger charge is 2.32. The molecule has 2 aromatic carbocycles. The van der Waals surface area contributed by atoms with E-state index in [9.17, 15) is 9.59 Å². The van der Waals surface area contributed by atoms with E-state index in [4.69, 9.17) is 4.42 Å². The third-order valence-electron chi connectivity index (χ3n) is 5.64. The topological polar surface area (TPSA) is 87.5 Å². The average molecular weight is 404 g/mol. The number of rotatable bonds is 4. The summed E-state index contributed by atoms with van der Waals surface area (Å²) in [6.45, 7) is 0.655. The number of hydrogen-bond acceptors (Lipinski definition) is 4. The maximum atomic E-state index is 13.4. The van der Waals surface area contributed by atoms with Crippen molar-refractivity contribution in [1.29, 1.82) is 0 Å². The number of hydrogen-bond donors (Lipinski definition) is 2. The first-order chi connectivity index (χ1) is 14.7. The Morgan fingerprint density at radius 3 is 2.73 bits per heavy atom. The van der Waals surface area contributed by atoms with Gasteiger partial charge in [-0.1, -0.05) is 18.2 Å². The number of likely N-dealkylation sites (tertiary alicyclic amines) is 1. The molecule has 0 spiro atoms. The molecule has 3 aromatic rings. The van der Waals surface area contributed by atoms with Crippen LogP contribution in [0.5, 0.6) is 0 Å². The van der Waals surface area contributed by atoms with Gasteiger partial charge in [-0.15, -0.1) is 0 Å². The van der Waals surface area contributed by atoms with Crippen LogP contribution in [0.4, 0.5) is 10.5 Å². The first-order valence-electron chi connectivity index (χ1n) is 10.5. The SMILES string of the molecule is O=C(Nc1cccc(C(=O)N2CCCC[C@H]2c2nc3ccccc3o2)c1)NC1CC1. The summed E-state index contributed by atoms with van der Waals surface area (Å²) in [4.78, 5) is 31.9. The highest BCUT2D eigenvalue weighted by molar-refractivity contribution is 5.97. The molecule has 2 heterocycles. The zero-order chi connectivity index (χ0) is 20.5. The predicted octanol–water partition coefficient (Wildman–Crippen LogP) is 4.48. The predicted molar refractivity (Wildman–Crippen MR) is 113 cm³/mol. The minimum absolute atomic E-state index is 0.0757. The molecule has 3 amide bonds. The molecule has 2 fully saturated rings. The van der Waals surface area contributed by atoms with Crippen molar-refractivity contribution in [3.8, 4) is 0 Å². The van der Waals surface area contributed by atoms with Crippen LogP contribution in [-0.4, -0.2) is 34.4 Å². The van der Waals surface area contributed by atoms with Crippen LogP contribution in [0.1, 0.15) is 54.4 Å². The zero-order valence-corrected chi connectivity index (χ0v) is 16.6. The van der Waals surface area contributed by atoms with Crippen molar-refractivity contribution in [3.63, 3.8) is 0 Å². The average Bonchev–Trinajstić information content (AvgIpc) is 3.47. The molecular weight excluding hydrogens is 380 g/mol. The number of piperidine rings is 1. The lowest BCUT2D eigenvalue weighted by molar-refractivity contribution is 0.0574. The number of amides is 3. The number of nitrogens with zero attached hydrogens (tertiary/aromatic N) is 2. The fourth-order valence-corrected chi connectivity index (χ4v) is 3.94. The Morgan fingerprint density at radius 1 is 1.03 bits per heavy atom. The number of aromatic nitrogens is 1. The number of carbonyl (C=O) groups is 2. The Kier molecular flexibility index (Phi) is 4.86. The molecule has 154 valence electrons. The number of urea groups is 1. The van der Waals surface area contributed by atoms with Gasteiger partial charge < -0.3 is 20.0 Å². The van der Waals surface area contributed by atoms with Crippen LogP contribution in [-0.2, 0) is 0 Å². The van der Waals surface area contributed by atoms with Crippen LogP contribution in [0, 0.1) is 0 Å². The van der Waals surface area contributed by atoms with E-state index in [-0.39, 0.29) is 24.0 Å². The van der Waals surface area contributed by atoms with Gasteiger partial charge >= 0.3 is 6.03 Å². The highest BCUT2D eigenvalue weighted by atomic mass is 16.3. The highest BCUT2D eigenvalue weighted by Crippen LogP contribution is 2.33. The second-order valence-corrected chi connectivity index (χ2v) is 7.98. The summed E-state index contributed by atoms with van der Waals surface area (Å²) < 4.78 is 5.97. The molecule has 30 heavy (non-hydrogen) atoms. The van der Waals surface area contributed by atoms with Crippen molar-refractivity contribution in [2.75, 3.05) is 11.9 Å². The van der Waals surface area contributed by atoms with E-state index in [1.54, 1.807) is 24.3 Å². The molecule has 1 atom stereocenters. The summed E-state index contributed by atoms with van der Waals surface area (Å²) in [5.41, 5.74) is 2.69. The number of anilines is 1. The number of benzene rings is 2. The van der Waals surface area contributed by atoms with Crippen molar-refractivity contribution in [3.05, 3.63) is 60.0 Å². The lowest BCUT2D eigenvalue weighted by Crippen LogP contribution is -2.38. The first kappa shape index (κ1) is 18.7. The Labute approximate surface area is 174 Å². The molecule has 0 bridgehead atoms. The van der Waals surface area contributed by atoms with Crippen molar-refractivity contribution in [2.24, 2.45) is 0 Å². The second kappa shape index (κ2) is 7.82. The van der Waals surface area contributed by atoms with Crippen molar-refractivity contribution < 1.29 is 14.0 Å². The van der Waals surface area contributed by atoms with Gasteiger partial charge in [0.05, 0.1) is 0 Å². The van der Waals surface area contributed by atoms with Crippen LogP contribution in [0.15, 0.2) is 52.9 Å². The zero-order valence-electron chi connectivity index (χ0n) is 16.6. The molecule has 1 aromatic heterocycles. The third-order valence-corrected chi connectivity index (χ3v) is 5.64. The molecule has 5 rings (SSSR count). The molecular formula is C23H24N4O3. The summed E-state index contributed by atoms with van der Waals surface area (Å²) in [5, 5.41) is 5.71. The molecule has 7 heteroatoms. The van der Waals surface area contributed by atoms with Gasteiger partial charge in [-0.25, -0.2) is 9.78 Å². The number of para-hydroxylation sites is 2. The Balaban J connectivity index is 1.36. The van der Waals surface area contributed by atoms with Crippen molar-refractivity contribution in [1.82, 2.24) is 15.2 Å². The minimum atomic E-state index is -0.232. The van der Waals surface area contributed by atoms with Crippen molar-refractivity contribution >= 4 is 28.7 Å². The molecule has 2 aliphatic rings.